The van der Waals surface area contributed by atoms with Gasteiger partial charge in [-0.3, -0.25) is 18.9 Å². The van der Waals surface area contributed by atoms with Gasteiger partial charge in [-0.05, 0) is 30.3 Å². The molecule has 0 atom stereocenters. The predicted octanol–water partition coefficient (Wildman–Crippen LogP) is 3.55. The summed E-state index contributed by atoms with van der Waals surface area (Å²) >= 11 is 6.51. The van der Waals surface area contributed by atoms with Gasteiger partial charge in [0.2, 0.25) is 0 Å². The standard InChI is InChI=1S/C25H22FN5O2S2/c1-2-10-31-24(33)20(35-25(31)34)16-17-22(27-21-9-5-6-11-30(21)23(17)32)29-14-12-28(13-15-29)19-8-4-3-7-18(19)26/h2-9,11,16H,1,10,12-15H2. The number of aromatic nitrogens is 2. The van der Waals surface area contributed by atoms with E-state index in [4.69, 9.17) is 17.2 Å². The Morgan fingerprint density at radius 2 is 1.77 bits per heavy atom. The zero-order valence-corrected chi connectivity index (χ0v) is 20.4. The number of fused-ring (bicyclic) bond motifs is 1. The average Bonchev–Trinajstić information content (AvgIpc) is 3.14. The number of pyridine rings is 1. The lowest BCUT2D eigenvalue weighted by atomic mass is 10.2. The lowest BCUT2D eigenvalue weighted by Gasteiger charge is -2.37. The van der Waals surface area contributed by atoms with Gasteiger partial charge in [-0.1, -0.05) is 48.3 Å². The molecular formula is C25H22FN5O2S2. The Labute approximate surface area is 211 Å². The fraction of sp³-hybridized carbons (Fsp3) is 0.200. The molecule has 5 rings (SSSR count). The molecule has 7 nitrogen and oxygen atoms in total. The number of amides is 1. The van der Waals surface area contributed by atoms with E-state index >= 15 is 0 Å². The minimum absolute atomic E-state index is 0.257. The smallest absolute Gasteiger partial charge is 0.267 e. The third-order valence-electron chi connectivity index (χ3n) is 5.98. The van der Waals surface area contributed by atoms with Gasteiger partial charge in [0.25, 0.3) is 11.5 Å². The van der Waals surface area contributed by atoms with Crippen molar-refractivity contribution in [3.8, 4) is 0 Å². The molecule has 3 aromatic rings. The Kier molecular flexibility index (Phi) is 6.40. The first kappa shape index (κ1) is 23.3. The summed E-state index contributed by atoms with van der Waals surface area (Å²) in [4.78, 5) is 37.1. The number of carbonyl (C=O) groups is 1. The molecule has 2 aliphatic rings. The molecule has 1 amide bonds. The van der Waals surface area contributed by atoms with Crippen molar-refractivity contribution in [3.63, 3.8) is 0 Å². The predicted molar refractivity (Wildman–Crippen MR) is 142 cm³/mol. The first-order chi connectivity index (χ1) is 17.0. The van der Waals surface area contributed by atoms with Crippen LogP contribution in [0.3, 0.4) is 0 Å². The van der Waals surface area contributed by atoms with Crippen molar-refractivity contribution in [3.05, 3.63) is 88.0 Å². The summed E-state index contributed by atoms with van der Waals surface area (Å²) in [5.41, 5.74) is 1.13. The molecule has 2 fully saturated rings. The van der Waals surface area contributed by atoms with E-state index in [-0.39, 0.29) is 17.3 Å². The number of carbonyl (C=O) groups excluding carboxylic acids is 1. The van der Waals surface area contributed by atoms with Gasteiger partial charge in [-0.15, -0.1) is 6.58 Å². The van der Waals surface area contributed by atoms with Crippen LogP contribution in [0.4, 0.5) is 15.9 Å². The highest BCUT2D eigenvalue weighted by Crippen LogP contribution is 2.33. The number of hydrogen-bond acceptors (Lipinski definition) is 7. The highest BCUT2D eigenvalue weighted by molar-refractivity contribution is 8.26. The highest BCUT2D eigenvalue weighted by atomic mass is 32.2. The molecule has 0 unspecified atom stereocenters. The Bertz CT molecular complexity index is 1430. The van der Waals surface area contributed by atoms with Crippen LogP contribution >= 0.6 is 24.0 Å². The molecule has 4 heterocycles. The molecule has 1 aromatic carbocycles. The molecule has 2 aliphatic heterocycles. The number of nitrogens with zero attached hydrogens (tertiary/aromatic N) is 5. The van der Waals surface area contributed by atoms with Crippen LogP contribution in [-0.4, -0.2) is 57.2 Å². The molecule has 0 spiro atoms. The molecule has 178 valence electrons. The fourth-order valence-electron chi connectivity index (χ4n) is 4.24. The van der Waals surface area contributed by atoms with Crippen LogP contribution in [0.5, 0.6) is 0 Å². The van der Waals surface area contributed by atoms with E-state index in [0.717, 1.165) is 11.8 Å². The van der Waals surface area contributed by atoms with Gasteiger partial charge in [0.15, 0.2) is 0 Å². The van der Waals surface area contributed by atoms with Gasteiger partial charge in [-0.2, -0.15) is 0 Å². The molecule has 2 saturated heterocycles. The molecule has 35 heavy (non-hydrogen) atoms. The van der Waals surface area contributed by atoms with Crippen LogP contribution in [-0.2, 0) is 4.79 Å². The summed E-state index contributed by atoms with van der Waals surface area (Å²) in [6.07, 6.45) is 4.86. The molecule has 0 saturated carbocycles. The second-order valence-corrected chi connectivity index (χ2v) is 9.77. The zero-order chi connectivity index (χ0) is 24.5. The number of halogens is 1. The molecule has 0 aliphatic carbocycles. The van der Waals surface area contributed by atoms with Crippen LogP contribution in [0.15, 0.2) is 71.0 Å². The van der Waals surface area contributed by atoms with Gasteiger partial charge >= 0.3 is 0 Å². The van der Waals surface area contributed by atoms with Crippen LogP contribution in [0, 0.1) is 5.82 Å². The lowest BCUT2D eigenvalue weighted by Crippen LogP contribution is -2.47. The number of anilines is 2. The largest absolute Gasteiger partial charge is 0.366 e. The zero-order valence-electron chi connectivity index (χ0n) is 18.8. The van der Waals surface area contributed by atoms with E-state index < -0.39 is 0 Å². The number of hydrogen-bond donors (Lipinski definition) is 0. The topological polar surface area (TPSA) is 61.2 Å². The van der Waals surface area contributed by atoms with Gasteiger partial charge in [0.1, 0.15) is 21.6 Å². The number of piperazine rings is 1. The van der Waals surface area contributed by atoms with Gasteiger partial charge < -0.3 is 9.80 Å². The maximum absolute atomic E-state index is 14.3. The number of thioether (sulfide) groups is 1. The summed E-state index contributed by atoms with van der Waals surface area (Å²) in [5.74, 6) is -0.0126. The summed E-state index contributed by atoms with van der Waals surface area (Å²) in [6, 6.07) is 12.1. The van der Waals surface area contributed by atoms with Crippen LogP contribution in [0.25, 0.3) is 11.7 Å². The SMILES string of the molecule is C=CCN1C(=O)C(=Cc2c(N3CCN(c4ccccc4F)CC3)nc3ccccn3c2=O)SC1=S. The maximum Gasteiger partial charge on any atom is 0.267 e. The summed E-state index contributed by atoms with van der Waals surface area (Å²) in [5, 5.41) is 0. The average molecular weight is 508 g/mol. The third kappa shape index (κ3) is 4.35. The Morgan fingerprint density at radius 3 is 2.51 bits per heavy atom. The van der Waals surface area contributed by atoms with Gasteiger partial charge in [-0.25, -0.2) is 9.37 Å². The summed E-state index contributed by atoms with van der Waals surface area (Å²) < 4.78 is 16.2. The van der Waals surface area contributed by atoms with Crippen molar-refractivity contribution in [2.75, 3.05) is 42.5 Å². The van der Waals surface area contributed by atoms with Crippen molar-refractivity contribution in [1.82, 2.24) is 14.3 Å². The van der Waals surface area contributed by atoms with Crippen molar-refractivity contribution >= 4 is 57.4 Å². The summed E-state index contributed by atoms with van der Waals surface area (Å²) in [6.45, 7) is 6.21. The van der Waals surface area contributed by atoms with Crippen molar-refractivity contribution in [2.24, 2.45) is 0 Å². The Balaban J connectivity index is 1.52. The second-order valence-electron chi connectivity index (χ2n) is 8.09. The van der Waals surface area contributed by atoms with E-state index in [0.29, 0.717) is 64.7 Å². The number of thiocarbonyl (C=S) groups is 1. The molecule has 0 bridgehead atoms. The minimum Gasteiger partial charge on any atom is -0.366 e. The van der Waals surface area contributed by atoms with E-state index in [1.165, 1.54) is 15.4 Å². The molecule has 0 radical (unpaired) electrons. The first-order valence-electron chi connectivity index (χ1n) is 11.1. The second kappa shape index (κ2) is 9.63. The highest BCUT2D eigenvalue weighted by Gasteiger charge is 2.32. The van der Waals surface area contributed by atoms with E-state index in [2.05, 4.69) is 6.58 Å². The monoisotopic (exact) mass is 507 g/mol. The quantitative estimate of drug-likeness (QED) is 0.297. The molecular weight excluding hydrogens is 485 g/mol. The maximum atomic E-state index is 14.3. The first-order valence-corrected chi connectivity index (χ1v) is 12.3. The van der Waals surface area contributed by atoms with E-state index in [9.17, 15) is 14.0 Å². The normalized spacial score (nSPS) is 17.6. The van der Waals surface area contributed by atoms with Crippen LogP contribution in [0.1, 0.15) is 5.56 Å². The molecule has 10 heteroatoms. The number of para-hydroxylation sites is 1. The number of rotatable bonds is 5. The van der Waals surface area contributed by atoms with Crippen molar-refractivity contribution in [2.45, 2.75) is 0 Å². The minimum atomic E-state index is -0.267. The van der Waals surface area contributed by atoms with E-state index in [1.807, 2.05) is 21.9 Å². The van der Waals surface area contributed by atoms with Crippen molar-refractivity contribution < 1.29 is 9.18 Å². The molecule has 0 N–H and O–H groups in total. The Hall–Kier alpha value is -3.50. The third-order valence-corrected chi connectivity index (χ3v) is 7.36. The van der Waals surface area contributed by atoms with Crippen LogP contribution in [0.2, 0.25) is 0 Å². The van der Waals surface area contributed by atoms with Crippen molar-refractivity contribution in [1.29, 1.82) is 0 Å². The van der Waals surface area contributed by atoms with Gasteiger partial charge in [0, 0.05) is 38.9 Å². The molecule has 2 aromatic heterocycles. The number of benzene rings is 1. The van der Waals surface area contributed by atoms with E-state index in [1.54, 1.807) is 42.6 Å². The fourth-order valence-corrected chi connectivity index (χ4v) is 5.50. The van der Waals surface area contributed by atoms with Crippen LogP contribution < -0.4 is 15.4 Å². The van der Waals surface area contributed by atoms with Gasteiger partial charge in [0.05, 0.1) is 16.2 Å². The summed E-state index contributed by atoms with van der Waals surface area (Å²) in [7, 11) is 0. The Morgan fingerprint density at radius 1 is 1.06 bits per heavy atom. The lowest BCUT2D eigenvalue weighted by molar-refractivity contribution is -0.121.